The van der Waals surface area contributed by atoms with E-state index in [4.69, 9.17) is 26.1 Å². The number of ether oxygens (including phenoxy) is 2. The normalized spacial score (nSPS) is 15.5. The molecule has 7 nitrogen and oxygen atoms in total. The van der Waals surface area contributed by atoms with Gasteiger partial charge in [0, 0.05) is 23.7 Å². The SMILES string of the molecule is CCn1ncc2c(C(=O)Nc3cc(Cl)ccc3OCC3CCCO3)cc(-c3ccccc3)nc21. The molecule has 174 valence electrons. The van der Waals surface area contributed by atoms with E-state index in [-0.39, 0.29) is 12.0 Å². The van der Waals surface area contributed by atoms with Crippen LogP contribution in [0, 0.1) is 0 Å². The second-order valence-electron chi connectivity index (χ2n) is 8.16. The lowest BCUT2D eigenvalue weighted by Crippen LogP contribution is -2.18. The van der Waals surface area contributed by atoms with Crippen molar-refractivity contribution in [1.29, 1.82) is 0 Å². The molecule has 1 aliphatic heterocycles. The minimum absolute atomic E-state index is 0.0624. The number of aryl methyl sites for hydroxylation is 1. The second kappa shape index (κ2) is 9.83. The largest absolute Gasteiger partial charge is 0.489 e. The van der Waals surface area contributed by atoms with Gasteiger partial charge in [-0.2, -0.15) is 5.10 Å². The summed E-state index contributed by atoms with van der Waals surface area (Å²) in [7, 11) is 0. The highest BCUT2D eigenvalue weighted by Crippen LogP contribution is 2.31. The Kier molecular flexibility index (Phi) is 6.47. The number of halogens is 1. The number of pyridine rings is 1. The summed E-state index contributed by atoms with van der Waals surface area (Å²) in [6.45, 7) is 3.81. The number of rotatable bonds is 7. The average molecular weight is 477 g/mol. The Balaban J connectivity index is 1.49. The molecule has 0 bridgehead atoms. The Morgan fingerprint density at radius 2 is 2.09 bits per heavy atom. The second-order valence-corrected chi connectivity index (χ2v) is 8.60. The third-order valence-electron chi connectivity index (χ3n) is 5.86. The summed E-state index contributed by atoms with van der Waals surface area (Å²) < 4.78 is 13.4. The van der Waals surface area contributed by atoms with Crippen molar-refractivity contribution in [2.75, 3.05) is 18.5 Å². The first-order chi connectivity index (χ1) is 16.6. The van der Waals surface area contributed by atoms with Crippen molar-refractivity contribution >= 4 is 34.2 Å². The maximum Gasteiger partial charge on any atom is 0.256 e. The Hall–Kier alpha value is -3.42. The van der Waals surface area contributed by atoms with Gasteiger partial charge < -0.3 is 14.8 Å². The number of hydrogen-bond donors (Lipinski definition) is 1. The quantitative estimate of drug-likeness (QED) is 0.376. The van der Waals surface area contributed by atoms with E-state index in [1.807, 2.05) is 37.3 Å². The molecule has 1 atom stereocenters. The predicted octanol–water partition coefficient (Wildman–Crippen LogP) is 5.58. The van der Waals surface area contributed by atoms with Gasteiger partial charge in [0.15, 0.2) is 5.65 Å². The molecule has 2 aromatic carbocycles. The Morgan fingerprint density at radius 3 is 2.85 bits per heavy atom. The molecule has 1 amide bonds. The highest BCUT2D eigenvalue weighted by Gasteiger charge is 2.20. The third kappa shape index (κ3) is 4.62. The molecular formula is C26H25ClN4O3. The Labute approximate surface area is 202 Å². The molecule has 5 rings (SSSR count). The fraction of sp³-hybridized carbons (Fsp3) is 0.269. The molecule has 1 unspecified atom stereocenters. The van der Waals surface area contributed by atoms with Gasteiger partial charge in [0.1, 0.15) is 12.4 Å². The highest BCUT2D eigenvalue weighted by molar-refractivity contribution is 6.31. The maximum atomic E-state index is 13.5. The monoisotopic (exact) mass is 476 g/mol. The number of nitrogens with one attached hydrogen (secondary N) is 1. The molecule has 1 N–H and O–H groups in total. The first kappa shape index (κ1) is 22.4. The van der Waals surface area contributed by atoms with Crippen LogP contribution in [0.15, 0.2) is 60.8 Å². The summed E-state index contributed by atoms with van der Waals surface area (Å²) in [6.07, 6.45) is 3.74. The fourth-order valence-corrected chi connectivity index (χ4v) is 4.27. The Bertz CT molecular complexity index is 1320. The van der Waals surface area contributed by atoms with Crippen molar-refractivity contribution in [3.05, 3.63) is 71.4 Å². The molecule has 1 aliphatic rings. The zero-order chi connectivity index (χ0) is 23.5. The van der Waals surface area contributed by atoms with Crippen molar-refractivity contribution in [2.24, 2.45) is 0 Å². The van der Waals surface area contributed by atoms with Crippen LogP contribution < -0.4 is 10.1 Å². The van der Waals surface area contributed by atoms with Crippen molar-refractivity contribution in [2.45, 2.75) is 32.4 Å². The van der Waals surface area contributed by atoms with Crippen molar-refractivity contribution in [1.82, 2.24) is 14.8 Å². The summed E-state index contributed by atoms with van der Waals surface area (Å²) in [4.78, 5) is 18.3. The lowest BCUT2D eigenvalue weighted by molar-refractivity contribution is 0.0682. The van der Waals surface area contributed by atoms with E-state index in [1.54, 1.807) is 35.1 Å². The predicted molar refractivity (Wildman–Crippen MR) is 133 cm³/mol. The van der Waals surface area contributed by atoms with Crippen LogP contribution in [0.4, 0.5) is 5.69 Å². The van der Waals surface area contributed by atoms with E-state index < -0.39 is 0 Å². The van der Waals surface area contributed by atoms with Crippen molar-refractivity contribution < 1.29 is 14.3 Å². The number of nitrogens with zero attached hydrogens (tertiary/aromatic N) is 3. The van der Waals surface area contributed by atoms with E-state index in [9.17, 15) is 4.79 Å². The van der Waals surface area contributed by atoms with Crippen molar-refractivity contribution in [3.8, 4) is 17.0 Å². The van der Waals surface area contributed by atoms with Gasteiger partial charge in [0.05, 0.1) is 34.6 Å². The van der Waals surface area contributed by atoms with Gasteiger partial charge in [-0.3, -0.25) is 4.79 Å². The molecule has 1 fully saturated rings. The van der Waals surface area contributed by atoms with E-state index in [0.717, 1.165) is 25.0 Å². The molecular weight excluding hydrogens is 452 g/mol. The average Bonchev–Trinajstić information content (AvgIpc) is 3.53. The van der Waals surface area contributed by atoms with Gasteiger partial charge >= 0.3 is 0 Å². The topological polar surface area (TPSA) is 78.3 Å². The summed E-state index contributed by atoms with van der Waals surface area (Å²) in [5.74, 6) is 0.260. The number of carbonyl (C=O) groups is 1. The van der Waals surface area contributed by atoms with Gasteiger partial charge in [-0.1, -0.05) is 41.9 Å². The third-order valence-corrected chi connectivity index (χ3v) is 6.10. The number of benzene rings is 2. The molecule has 3 heterocycles. The first-order valence-electron chi connectivity index (χ1n) is 11.4. The number of amides is 1. The first-order valence-corrected chi connectivity index (χ1v) is 11.8. The molecule has 0 spiro atoms. The van der Waals surface area contributed by atoms with Gasteiger partial charge in [-0.15, -0.1) is 0 Å². The lowest BCUT2D eigenvalue weighted by Gasteiger charge is -2.16. The summed E-state index contributed by atoms with van der Waals surface area (Å²) >= 11 is 6.24. The standard InChI is InChI=1S/C26H25ClN4O3/c1-2-31-25-21(15-28-31)20(14-22(29-25)17-7-4-3-5-8-17)26(32)30-23-13-18(27)10-11-24(23)34-16-19-9-6-12-33-19/h3-5,7-8,10-11,13-15,19H,2,6,9,12,16H2,1H3,(H,30,32). The van der Waals surface area contributed by atoms with E-state index in [2.05, 4.69) is 10.4 Å². The van der Waals surface area contributed by atoms with Crippen LogP contribution in [0.25, 0.3) is 22.3 Å². The van der Waals surface area contributed by atoms with E-state index in [0.29, 0.717) is 51.9 Å². The molecule has 34 heavy (non-hydrogen) atoms. The van der Waals surface area contributed by atoms with Crippen LogP contribution in [-0.4, -0.2) is 40.0 Å². The molecule has 4 aromatic rings. The molecule has 0 aliphatic carbocycles. The van der Waals surface area contributed by atoms with Gasteiger partial charge in [0.25, 0.3) is 5.91 Å². The van der Waals surface area contributed by atoms with Crippen molar-refractivity contribution in [3.63, 3.8) is 0 Å². The van der Waals surface area contributed by atoms with Gasteiger partial charge in [0.2, 0.25) is 0 Å². The number of fused-ring (bicyclic) bond motifs is 1. The zero-order valence-electron chi connectivity index (χ0n) is 18.8. The minimum atomic E-state index is -0.288. The molecule has 2 aromatic heterocycles. The van der Waals surface area contributed by atoms with Crippen LogP contribution in [-0.2, 0) is 11.3 Å². The Morgan fingerprint density at radius 1 is 1.24 bits per heavy atom. The number of hydrogen-bond acceptors (Lipinski definition) is 5. The van der Waals surface area contributed by atoms with Crippen LogP contribution in [0.2, 0.25) is 5.02 Å². The summed E-state index contributed by atoms with van der Waals surface area (Å²) in [5, 5.41) is 8.59. The number of aromatic nitrogens is 3. The lowest BCUT2D eigenvalue weighted by atomic mass is 10.1. The van der Waals surface area contributed by atoms with Gasteiger partial charge in [-0.25, -0.2) is 9.67 Å². The van der Waals surface area contributed by atoms with Crippen LogP contribution in [0.1, 0.15) is 30.1 Å². The molecule has 0 saturated carbocycles. The maximum absolute atomic E-state index is 13.5. The summed E-state index contributed by atoms with van der Waals surface area (Å²) in [6, 6.07) is 16.8. The van der Waals surface area contributed by atoms with Gasteiger partial charge in [-0.05, 0) is 44.0 Å². The zero-order valence-corrected chi connectivity index (χ0v) is 19.6. The van der Waals surface area contributed by atoms with Crippen LogP contribution in [0.5, 0.6) is 5.75 Å². The van der Waals surface area contributed by atoms with E-state index in [1.165, 1.54) is 0 Å². The smallest absolute Gasteiger partial charge is 0.256 e. The molecule has 1 saturated heterocycles. The summed E-state index contributed by atoms with van der Waals surface area (Å²) in [5.41, 5.74) is 3.27. The highest BCUT2D eigenvalue weighted by atomic mass is 35.5. The molecule has 0 radical (unpaired) electrons. The number of anilines is 1. The number of carbonyl (C=O) groups excluding carboxylic acids is 1. The minimum Gasteiger partial charge on any atom is -0.489 e. The fourth-order valence-electron chi connectivity index (χ4n) is 4.10. The van der Waals surface area contributed by atoms with E-state index >= 15 is 0 Å². The molecule has 8 heteroatoms. The van der Waals surface area contributed by atoms with Crippen LogP contribution in [0.3, 0.4) is 0 Å². The van der Waals surface area contributed by atoms with Crippen LogP contribution >= 0.6 is 11.6 Å².